The first kappa shape index (κ1) is 12.3. The third kappa shape index (κ3) is 2.73. The molecule has 0 amide bonds. The van der Waals surface area contributed by atoms with E-state index in [9.17, 15) is 0 Å². The molecule has 3 N–H and O–H groups in total. The van der Waals surface area contributed by atoms with Gasteiger partial charge in [0.2, 0.25) is 0 Å². The molecule has 0 atom stereocenters. The van der Waals surface area contributed by atoms with Crippen LogP contribution in [0.5, 0.6) is 0 Å². The molecule has 0 radical (unpaired) electrons. The fourth-order valence-corrected chi connectivity index (χ4v) is 2.71. The molecule has 5 heteroatoms. The van der Waals surface area contributed by atoms with Crippen LogP contribution in [-0.4, -0.2) is 23.1 Å². The number of hydrogen-bond donors (Lipinski definition) is 2. The molecule has 2 heterocycles. The summed E-state index contributed by atoms with van der Waals surface area (Å²) in [6.07, 6.45) is 2.00. The lowest BCUT2D eigenvalue weighted by molar-refractivity contribution is 0.869. The number of aromatic nitrogens is 2. The van der Waals surface area contributed by atoms with E-state index >= 15 is 0 Å². The van der Waals surface area contributed by atoms with Gasteiger partial charge in [0.1, 0.15) is 16.5 Å². The SMILES string of the molecule is CCc1cc2c(NCCCN)nc(C)nc2s1. The van der Waals surface area contributed by atoms with Crippen molar-refractivity contribution < 1.29 is 0 Å². The maximum absolute atomic E-state index is 5.49. The zero-order valence-corrected chi connectivity index (χ0v) is 11.1. The molecule has 0 fully saturated rings. The Morgan fingerprint density at radius 3 is 2.94 bits per heavy atom. The number of rotatable bonds is 5. The van der Waals surface area contributed by atoms with Gasteiger partial charge in [-0.3, -0.25) is 0 Å². The minimum Gasteiger partial charge on any atom is -0.369 e. The average molecular weight is 250 g/mol. The summed E-state index contributed by atoms with van der Waals surface area (Å²) in [6.45, 7) is 5.65. The Labute approximate surface area is 105 Å². The summed E-state index contributed by atoms with van der Waals surface area (Å²) in [5.41, 5.74) is 5.49. The van der Waals surface area contributed by atoms with Crippen LogP contribution in [0.3, 0.4) is 0 Å². The highest BCUT2D eigenvalue weighted by Gasteiger charge is 2.09. The van der Waals surface area contributed by atoms with Crippen molar-refractivity contribution in [1.82, 2.24) is 9.97 Å². The molecule has 2 rings (SSSR count). The molecular formula is C12H18N4S. The molecule has 0 aliphatic carbocycles. The number of nitrogens with one attached hydrogen (secondary N) is 1. The molecule has 0 unspecified atom stereocenters. The van der Waals surface area contributed by atoms with Gasteiger partial charge in [0.25, 0.3) is 0 Å². The molecule has 4 nitrogen and oxygen atoms in total. The third-order valence-corrected chi connectivity index (χ3v) is 3.75. The summed E-state index contributed by atoms with van der Waals surface area (Å²) >= 11 is 1.75. The number of hydrogen-bond acceptors (Lipinski definition) is 5. The van der Waals surface area contributed by atoms with E-state index in [4.69, 9.17) is 5.73 Å². The number of nitrogens with two attached hydrogens (primary N) is 1. The summed E-state index contributed by atoms with van der Waals surface area (Å²) in [6, 6.07) is 2.18. The van der Waals surface area contributed by atoms with E-state index in [1.54, 1.807) is 11.3 Å². The molecular weight excluding hydrogens is 232 g/mol. The minimum atomic E-state index is 0.698. The maximum atomic E-state index is 5.49. The Kier molecular flexibility index (Phi) is 3.91. The Bertz CT molecular complexity index is 506. The summed E-state index contributed by atoms with van der Waals surface area (Å²) in [7, 11) is 0. The van der Waals surface area contributed by atoms with Crippen molar-refractivity contribution in [3.8, 4) is 0 Å². The van der Waals surface area contributed by atoms with Crippen LogP contribution in [0.15, 0.2) is 6.07 Å². The lowest BCUT2D eigenvalue weighted by atomic mass is 10.3. The van der Waals surface area contributed by atoms with Gasteiger partial charge in [0.05, 0.1) is 5.39 Å². The number of nitrogens with zero attached hydrogens (tertiary/aromatic N) is 2. The van der Waals surface area contributed by atoms with Gasteiger partial charge in [-0.05, 0) is 32.4 Å². The first-order valence-corrected chi connectivity index (χ1v) is 6.77. The number of thiophene rings is 1. The van der Waals surface area contributed by atoms with Crippen molar-refractivity contribution in [2.24, 2.45) is 5.73 Å². The van der Waals surface area contributed by atoms with Crippen LogP contribution in [0.25, 0.3) is 10.2 Å². The predicted molar refractivity (Wildman–Crippen MR) is 73.7 cm³/mol. The second-order valence-electron chi connectivity index (χ2n) is 3.97. The Morgan fingerprint density at radius 2 is 2.24 bits per heavy atom. The molecule has 0 aliphatic heterocycles. The average Bonchev–Trinajstić information content (AvgIpc) is 2.72. The third-order valence-electron chi connectivity index (χ3n) is 2.58. The first-order chi connectivity index (χ1) is 8.24. The standard InChI is InChI=1S/C12H18N4S/c1-3-9-7-10-11(14-6-4-5-13)15-8(2)16-12(10)17-9/h7H,3-6,13H2,1-2H3,(H,14,15,16). The molecule has 2 aromatic rings. The van der Waals surface area contributed by atoms with E-state index < -0.39 is 0 Å². The normalized spacial score (nSPS) is 11.0. The smallest absolute Gasteiger partial charge is 0.138 e. The van der Waals surface area contributed by atoms with Gasteiger partial charge in [-0.25, -0.2) is 9.97 Å². The van der Waals surface area contributed by atoms with Crippen LogP contribution >= 0.6 is 11.3 Å². The van der Waals surface area contributed by atoms with Crippen molar-refractivity contribution in [1.29, 1.82) is 0 Å². The zero-order valence-electron chi connectivity index (χ0n) is 10.3. The second kappa shape index (κ2) is 5.42. The quantitative estimate of drug-likeness (QED) is 0.799. The summed E-state index contributed by atoms with van der Waals surface area (Å²) in [4.78, 5) is 11.4. The van der Waals surface area contributed by atoms with Gasteiger partial charge in [0, 0.05) is 11.4 Å². The lowest BCUT2D eigenvalue weighted by Crippen LogP contribution is -2.10. The molecule has 0 spiro atoms. The van der Waals surface area contributed by atoms with Gasteiger partial charge >= 0.3 is 0 Å². The molecule has 0 bridgehead atoms. The predicted octanol–water partition coefficient (Wildman–Crippen LogP) is 2.32. The number of fused-ring (bicyclic) bond motifs is 1. The Morgan fingerprint density at radius 1 is 1.41 bits per heavy atom. The first-order valence-electron chi connectivity index (χ1n) is 5.95. The van der Waals surface area contributed by atoms with E-state index in [0.717, 1.165) is 41.2 Å². The van der Waals surface area contributed by atoms with Crippen molar-refractivity contribution in [2.75, 3.05) is 18.4 Å². The van der Waals surface area contributed by atoms with Crippen LogP contribution < -0.4 is 11.1 Å². The van der Waals surface area contributed by atoms with E-state index in [2.05, 4.69) is 28.3 Å². The largest absolute Gasteiger partial charge is 0.369 e. The summed E-state index contributed by atoms with van der Waals surface area (Å²) in [5, 5.41) is 4.48. The number of anilines is 1. The van der Waals surface area contributed by atoms with Gasteiger partial charge in [0.15, 0.2) is 0 Å². The summed E-state index contributed by atoms with van der Waals surface area (Å²) < 4.78 is 0. The van der Waals surface area contributed by atoms with Crippen LogP contribution in [-0.2, 0) is 6.42 Å². The van der Waals surface area contributed by atoms with E-state index in [-0.39, 0.29) is 0 Å². The molecule has 17 heavy (non-hydrogen) atoms. The Balaban J connectivity index is 2.34. The second-order valence-corrected chi connectivity index (χ2v) is 5.09. The maximum Gasteiger partial charge on any atom is 0.138 e. The van der Waals surface area contributed by atoms with Crippen molar-refractivity contribution in [3.05, 3.63) is 16.8 Å². The van der Waals surface area contributed by atoms with E-state index in [1.165, 1.54) is 4.88 Å². The van der Waals surface area contributed by atoms with Crippen LogP contribution in [0, 0.1) is 6.92 Å². The molecule has 0 aliphatic rings. The van der Waals surface area contributed by atoms with Crippen LogP contribution in [0.2, 0.25) is 0 Å². The molecule has 2 aromatic heterocycles. The highest BCUT2D eigenvalue weighted by Crippen LogP contribution is 2.29. The highest BCUT2D eigenvalue weighted by molar-refractivity contribution is 7.18. The molecule has 0 aromatic carbocycles. The number of aryl methyl sites for hydroxylation is 2. The lowest BCUT2D eigenvalue weighted by Gasteiger charge is -2.06. The highest BCUT2D eigenvalue weighted by atomic mass is 32.1. The molecule has 0 saturated carbocycles. The zero-order chi connectivity index (χ0) is 12.3. The van der Waals surface area contributed by atoms with E-state index in [1.807, 2.05) is 6.92 Å². The van der Waals surface area contributed by atoms with Crippen LogP contribution in [0.4, 0.5) is 5.82 Å². The van der Waals surface area contributed by atoms with Crippen molar-refractivity contribution >= 4 is 27.4 Å². The summed E-state index contributed by atoms with van der Waals surface area (Å²) in [5.74, 6) is 1.76. The van der Waals surface area contributed by atoms with Gasteiger partial charge < -0.3 is 11.1 Å². The van der Waals surface area contributed by atoms with E-state index in [0.29, 0.717) is 6.54 Å². The minimum absolute atomic E-state index is 0.698. The fraction of sp³-hybridized carbons (Fsp3) is 0.500. The Hall–Kier alpha value is -1.20. The van der Waals surface area contributed by atoms with Crippen LogP contribution in [0.1, 0.15) is 24.0 Å². The molecule has 0 saturated heterocycles. The topological polar surface area (TPSA) is 63.8 Å². The van der Waals surface area contributed by atoms with Gasteiger partial charge in [-0.2, -0.15) is 0 Å². The van der Waals surface area contributed by atoms with Gasteiger partial charge in [-0.15, -0.1) is 11.3 Å². The van der Waals surface area contributed by atoms with Crippen molar-refractivity contribution in [2.45, 2.75) is 26.7 Å². The van der Waals surface area contributed by atoms with Crippen molar-refractivity contribution in [3.63, 3.8) is 0 Å². The molecule has 92 valence electrons. The fourth-order valence-electron chi connectivity index (χ4n) is 1.70. The van der Waals surface area contributed by atoms with Gasteiger partial charge in [-0.1, -0.05) is 6.92 Å². The monoisotopic (exact) mass is 250 g/mol.